The Balaban J connectivity index is 1.40. The minimum atomic E-state index is -0.322. The van der Waals surface area contributed by atoms with Crippen LogP contribution in [-0.2, 0) is 13.3 Å². The van der Waals surface area contributed by atoms with E-state index in [0.29, 0.717) is 33.7 Å². The van der Waals surface area contributed by atoms with Crippen LogP contribution >= 0.6 is 23.2 Å². The predicted octanol–water partition coefficient (Wildman–Crippen LogP) is 4.72. The predicted molar refractivity (Wildman–Crippen MR) is 115 cm³/mol. The topological polar surface area (TPSA) is 74.0 Å². The molecule has 0 radical (unpaired) electrons. The summed E-state index contributed by atoms with van der Waals surface area (Å²) in [6, 6.07) is 16.3. The molecule has 4 rings (SSSR count). The van der Waals surface area contributed by atoms with Crippen LogP contribution in [0, 0.1) is 0 Å². The van der Waals surface area contributed by atoms with Crippen LogP contribution in [0.3, 0.4) is 0 Å². The lowest BCUT2D eigenvalue weighted by Crippen LogP contribution is -2.19. The van der Waals surface area contributed by atoms with Crippen molar-refractivity contribution in [3.63, 3.8) is 0 Å². The molecule has 0 fully saturated rings. The number of anilines is 1. The van der Waals surface area contributed by atoms with Gasteiger partial charge in [-0.3, -0.25) is 9.48 Å². The lowest BCUT2D eigenvalue weighted by atomic mass is 10.2. The third-order valence-electron chi connectivity index (χ3n) is 4.25. The van der Waals surface area contributed by atoms with Gasteiger partial charge < -0.3 is 10.1 Å². The molecule has 0 bridgehead atoms. The fraction of sp³-hybridized carbons (Fsp3) is 0.0952. The van der Waals surface area contributed by atoms with Gasteiger partial charge in [0.2, 0.25) is 0 Å². The van der Waals surface area contributed by atoms with Crippen LogP contribution in [0.25, 0.3) is 0 Å². The van der Waals surface area contributed by atoms with Crippen molar-refractivity contribution >= 4 is 34.8 Å². The second-order valence-electron chi connectivity index (χ2n) is 6.43. The Labute approximate surface area is 182 Å². The summed E-state index contributed by atoms with van der Waals surface area (Å²) in [5.74, 6) is 0.195. The fourth-order valence-corrected chi connectivity index (χ4v) is 3.26. The van der Waals surface area contributed by atoms with Gasteiger partial charge in [-0.25, -0.2) is 4.68 Å². The molecule has 0 saturated carbocycles. The molecule has 9 heteroatoms. The molecule has 0 aliphatic carbocycles. The molecule has 30 heavy (non-hydrogen) atoms. The van der Waals surface area contributed by atoms with Crippen LogP contribution in [0.15, 0.2) is 73.2 Å². The van der Waals surface area contributed by atoms with Crippen LogP contribution < -0.4 is 10.1 Å². The Morgan fingerprint density at radius 3 is 2.77 bits per heavy atom. The number of ether oxygens (including phenoxy) is 1. The van der Waals surface area contributed by atoms with Crippen LogP contribution in [0.1, 0.15) is 16.1 Å². The molecule has 4 aromatic rings. The van der Waals surface area contributed by atoms with Gasteiger partial charge in [0.15, 0.2) is 6.73 Å². The van der Waals surface area contributed by atoms with E-state index in [9.17, 15) is 4.79 Å². The Bertz CT molecular complexity index is 1170. The molecular weight excluding hydrogens is 425 g/mol. The normalized spacial score (nSPS) is 10.7. The zero-order valence-electron chi connectivity index (χ0n) is 15.7. The number of para-hydroxylation sites is 1. The summed E-state index contributed by atoms with van der Waals surface area (Å²) in [5.41, 5.74) is 1.93. The van der Waals surface area contributed by atoms with Crippen molar-refractivity contribution in [3.8, 4) is 5.75 Å². The molecule has 1 N–H and O–H groups in total. The SMILES string of the molecule is O=C(Nc1cnn(Cc2cccc(Cl)c2)c1)c1ccnn1COc1ccccc1Cl. The van der Waals surface area contributed by atoms with E-state index in [4.69, 9.17) is 27.9 Å². The zero-order chi connectivity index (χ0) is 20.9. The maximum Gasteiger partial charge on any atom is 0.274 e. The Hall–Kier alpha value is -3.29. The van der Waals surface area contributed by atoms with E-state index in [1.807, 2.05) is 36.4 Å². The molecule has 0 spiro atoms. The Kier molecular flexibility index (Phi) is 6.02. The number of hydrogen-bond acceptors (Lipinski definition) is 4. The summed E-state index contributed by atoms with van der Waals surface area (Å²) in [5, 5.41) is 12.4. The first-order valence-electron chi connectivity index (χ1n) is 9.06. The van der Waals surface area contributed by atoms with E-state index in [1.165, 1.54) is 10.9 Å². The number of aromatic nitrogens is 4. The molecule has 0 atom stereocenters. The molecule has 0 aliphatic rings. The van der Waals surface area contributed by atoms with E-state index in [1.54, 1.807) is 35.3 Å². The molecular formula is C21H17Cl2N5O2. The van der Waals surface area contributed by atoms with Crippen molar-refractivity contribution in [2.24, 2.45) is 0 Å². The van der Waals surface area contributed by atoms with Crippen molar-refractivity contribution < 1.29 is 9.53 Å². The number of carbonyl (C=O) groups is 1. The Morgan fingerprint density at radius 1 is 1.07 bits per heavy atom. The highest BCUT2D eigenvalue weighted by molar-refractivity contribution is 6.32. The minimum Gasteiger partial charge on any atom is -0.470 e. The highest BCUT2D eigenvalue weighted by Gasteiger charge is 2.14. The fourth-order valence-electron chi connectivity index (χ4n) is 2.85. The van der Waals surface area contributed by atoms with Crippen LogP contribution in [0.4, 0.5) is 5.69 Å². The first-order valence-corrected chi connectivity index (χ1v) is 9.81. The lowest BCUT2D eigenvalue weighted by Gasteiger charge is -2.10. The largest absolute Gasteiger partial charge is 0.470 e. The molecule has 2 heterocycles. The number of nitrogens with zero attached hydrogens (tertiary/aromatic N) is 4. The number of nitrogens with one attached hydrogen (secondary N) is 1. The van der Waals surface area contributed by atoms with Gasteiger partial charge >= 0.3 is 0 Å². The van der Waals surface area contributed by atoms with Gasteiger partial charge in [-0.2, -0.15) is 10.2 Å². The summed E-state index contributed by atoms with van der Waals surface area (Å²) in [7, 11) is 0. The van der Waals surface area contributed by atoms with E-state index in [-0.39, 0.29) is 12.6 Å². The molecule has 0 unspecified atom stereocenters. The van der Waals surface area contributed by atoms with Crippen molar-refractivity contribution in [1.82, 2.24) is 19.6 Å². The summed E-state index contributed by atoms with van der Waals surface area (Å²) >= 11 is 12.1. The lowest BCUT2D eigenvalue weighted by molar-refractivity contribution is 0.100. The van der Waals surface area contributed by atoms with Crippen molar-refractivity contribution in [2.45, 2.75) is 13.3 Å². The van der Waals surface area contributed by atoms with Crippen molar-refractivity contribution in [1.29, 1.82) is 0 Å². The molecule has 7 nitrogen and oxygen atoms in total. The maximum absolute atomic E-state index is 12.7. The van der Waals surface area contributed by atoms with Crippen molar-refractivity contribution in [2.75, 3.05) is 5.32 Å². The third-order valence-corrected chi connectivity index (χ3v) is 4.80. The van der Waals surface area contributed by atoms with E-state index in [2.05, 4.69) is 15.5 Å². The van der Waals surface area contributed by atoms with Gasteiger partial charge in [-0.15, -0.1) is 0 Å². The number of rotatable bonds is 7. The van der Waals surface area contributed by atoms with Gasteiger partial charge in [-0.05, 0) is 35.9 Å². The standard InChI is InChI=1S/C21H17Cl2N5O2/c22-16-5-3-4-15(10-16)12-27-13-17(11-25-27)26-21(29)19-8-9-24-28(19)14-30-20-7-2-1-6-18(20)23/h1-11,13H,12,14H2,(H,26,29). The van der Waals surface area contributed by atoms with Gasteiger partial charge in [0.1, 0.15) is 11.4 Å². The second-order valence-corrected chi connectivity index (χ2v) is 7.27. The molecule has 152 valence electrons. The molecule has 1 amide bonds. The first kappa shape index (κ1) is 20.0. The van der Waals surface area contributed by atoms with Crippen LogP contribution in [-0.4, -0.2) is 25.5 Å². The summed E-state index contributed by atoms with van der Waals surface area (Å²) in [4.78, 5) is 12.7. The maximum atomic E-state index is 12.7. The van der Waals surface area contributed by atoms with Gasteiger partial charge in [0.25, 0.3) is 5.91 Å². The Morgan fingerprint density at radius 2 is 1.93 bits per heavy atom. The van der Waals surface area contributed by atoms with E-state index >= 15 is 0 Å². The van der Waals surface area contributed by atoms with E-state index in [0.717, 1.165) is 5.56 Å². The highest BCUT2D eigenvalue weighted by atomic mass is 35.5. The quantitative estimate of drug-likeness (QED) is 0.450. The molecule has 0 aliphatic heterocycles. The smallest absolute Gasteiger partial charge is 0.274 e. The highest BCUT2D eigenvalue weighted by Crippen LogP contribution is 2.23. The van der Waals surface area contributed by atoms with Crippen molar-refractivity contribution in [3.05, 3.63) is 94.5 Å². The zero-order valence-corrected chi connectivity index (χ0v) is 17.2. The molecule has 0 saturated heterocycles. The summed E-state index contributed by atoms with van der Waals surface area (Å²) < 4.78 is 8.84. The number of halogens is 2. The van der Waals surface area contributed by atoms with Crippen LogP contribution in [0.2, 0.25) is 10.0 Å². The third kappa shape index (κ3) is 4.82. The number of hydrogen-bond donors (Lipinski definition) is 1. The summed E-state index contributed by atoms with van der Waals surface area (Å²) in [6.45, 7) is 0.591. The molecule has 2 aromatic heterocycles. The number of benzene rings is 2. The average molecular weight is 442 g/mol. The first-order chi connectivity index (χ1) is 14.6. The number of amides is 1. The molecule has 2 aromatic carbocycles. The van der Waals surface area contributed by atoms with Gasteiger partial charge in [0.05, 0.1) is 23.5 Å². The number of carbonyl (C=O) groups excluding carboxylic acids is 1. The second kappa shape index (κ2) is 9.02. The summed E-state index contributed by atoms with van der Waals surface area (Å²) in [6.07, 6.45) is 4.87. The average Bonchev–Trinajstić information content (AvgIpc) is 3.37. The monoisotopic (exact) mass is 441 g/mol. The van der Waals surface area contributed by atoms with Gasteiger partial charge in [-0.1, -0.05) is 47.5 Å². The van der Waals surface area contributed by atoms with Gasteiger partial charge in [0, 0.05) is 17.4 Å². The minimum absolute atomic E-state index is 0.0491. The van der Waals surface area contributed by atoms with Crippen LogP contribution in [0.5, 0.6) is 5.75 Å². The van der Waals surface area contributed by atoms with E-state index < -0.39 is 0 Å².